The standard InChI is InChI=1S/C24H26N4O2S/c1-4-9-25-23-28(26-12-16-5-7-17-11-18(16)24(17,2)3)20(14-31-23)15-6-8-21-19(10-15)27-22(29)13-30-21/h4-6,8,10,12,14,17-18H,1,7,9,11,13H2,2-3H3,(H,27,29). The van der Waals surface area contributed by atoms with Gasteiger partial charge < -0.3 is 10.1 Å². The summed E-state index contributed by atoms with van der Waals surface area (Å²) in [4.78, 5) is 17.2. The molecular formula is C24H26N4O2S. The van der Waals surface area contributed by atoms with Crippen LogP contribution in [0.2, 0.25) is 0 Å². The van der Waals surface area contributed by atoms with E-state index in [-0.39, 0.29) is 12.5 Å². The number of aromatic nitrogens is 1. The maximum atomic E-state index is 11.7. The topological polar surface area (TPSA) is 68.0 Å². The maximum absolute atomic E-state index is 11.7. The van der Waals surface area contributed by atoms with Crippen LogP contribution < -0.4 is 14.9 Å². The van der Waals surface area contributed by atoms with Crippen molar-refractivity contribution in [3.63, 3.8) is 0 Å². The van der Waals surface area contributed by atoms with Crippen LogP contribution in [0.25, 0.3) is 11.3 Å². The van der Waals surface area contributed by atoms with Gasteiger partial charge in [0.25, 0.3) is 5.91 Å². The molecule has 7 heteroatoms. The summed E-state index contributed by atoms with van der Waals surface area (Å²) < 4.78 is 7.38. The molecule has 0 spiro atoms. The summed E-state index contributed by atoms with van der Waals surface area (Å²) in [5.74, 6) is 1.90. The Morgan fingerprint density at radius 1 is 1.42 bits per heavy atom. The number of fused-ring (bicyclic) bond motifs is 2. The Kier molecular flexibility index (Phi) is 4.93. The third-order valence-electron chi connectivity index (χ3n) is 6.78. The number of nitrogens with zero attached hydrogens (tertiary/aromatic N) is 3. The van der Waals surface area contributed by atoms with E-state index in [1.807, 2.05) is 34.5 Å². The van der Waals surface area contributed by atoms with E-state index in [9.17, 15) is 4.79 Å². The number of benzene rings is 1. The summed E-state index contributed by atoms with van der Waals surface area (Å²) in [5.41, 5.74) is 4.22. The monoisotopic (exact) mass is 434 g/mol. The molecular weight excluding hydrogens is 408 g/mol. The van der Waals surface area contributed by atoms with Gasteiger partial charge in [0, 0.05) is 10.9 Å². The smallest absolute Gasteiger partial charge is 0.262 e. The second-order valence-electron chi connectivity index (χ2n) is 8.88. The second kappa shape index (κ2) is 7.64. The highest BCUT2D eigenvalue weighted by molar-refractivity contribution is 7.07. The predicted molar refractivity (Wildman–Crippen MR) is 124 cm³/mol. The normalized spacial score (nSPS) is 24.1. The van der Waals surface area contributed by atoms with E-state index in [0.717, 1.165) is 28.4 Å². The van der Waals surface area contributed by atoms with E-state index in [1.54, 1.807) is 17.4 Å². The highest BCUT2D eigenvalue weighted by Crippen LogP contribution is 2.58. The molecule has 0 radical (unpaired) electrons. The molecule has 2 atom stereocenters. The Labute approximate surface area is 185 Å². The molecule has 1 fully saturated rings. The summed E-state index contributed by atoms with van der Waals surface area (Å²) in [6.45, 7) is 9.09. The maximum Gasteiger partial charge on any atom is 0.262 e. The van der Waals surface area contributed by atoms with Crippen molar-refractivity contribution in [1.29, 1.82) is 0 Å². The van der Waals surface area contributed by atoms with Crippen LogP contribution in [0.5, 0.6) is 5.75 Å². The third-order valence-corrected chi connectivity index (χ3v) is 7.64. The van der Waals surface area contributed by atoms with Gasteiger partial charge >= 0.3 is 0 Å². The number of ether oxygens (including phenoxy) is 1. The molecule has 2 unspecified atom stereocenters. The molecule has 1 aromatic heterocycles. The Bertz CT molecular complexity index is 1180. The molecule has 3 aliphatic carbocycles. The van der Waals surface area contributed by atoms with Gasteiger partial charge in [0.05, 0.1) is 24.1 Å². The van der Waals surface area contributed by atoms with E-state index in [0.29, 0.717) is 29.3 Å². The van der Waals surface area contributed by atoms with Crippen LogP contribution in [-0.2, 0) is 4.79 Å². The van der Waals surface area contributed by atoms with Crippen LogP contribution in [-0.4, -0.2) is 29.9 Å². The molecule has 1 aromatic carbocycles. The molecule has 6 nitrogen and oxygen atoms in total. The summed E-state index contributed by atoms with van der Waals surface area (Å²) in [6, 6.07) is 5.80. The molecule has 1 saturated carbocycles. The van der Waals surface area contributed by atoms with Gasteiger partial charge in [-0.15, -0.1) is 17.9 Å². The molecule has 0 saturated heterocycles. The van der Waals surface area contributed by atoms with Gasteiger partial charge in [-0.05, 0) is 53.9 Å². The lowest BCUT2D eigenvalue weighted by atomic mass is 9.49. The van der Waals surface area contributed by atoms with Crippen molar-refractivity contribution in [2.24, 2.45) is 27.3 Å². The van der Waals surface area contributed by atoms with Crippen LogP contribution >= 0.6 is 11.3 Å². The number of anilines is 1. The van der Waals surface area contributed by atoms with Gasteiger partial charge in [-0.2, -0.15) is 5.10 Å². The van der Waals surface area contributed by atoms with Crippen molar-refractivity contribution in [1.82, 2.24) is 4.68 Å². The zero-order chi connectivity index (χ0) is 21.6. The molecule has 2 heterocycles. The summed E-state index contributed by atoms with van der Waals surface area (Å²) in [6.07, 6.45) is 8.51. The third kappa shape index (κ3) is 3.47. The summed E-state index contributed by atoms with van der Waals surface area (Å²) in [5, 5.41) is 9.80. The van der Waals surface area contributed by atoms with E-state index < -0.39 is 0 Å². The zero-order valence-corrected chi connectivity index (χ0v) is 18.6. The number of thiazole rings is 1. The fraction of sp³-hybridized carbons (Fsp3) is 0.375. The SMILES string of the molecule is C=CCN=c1scc(-c2ccc3c(c2)NC(=O)CO3)n1N=CC1=CCC2CC1C2(C)C. The Balaban J connectivity index is 1.53. The highest BCUT2D eigenvalue weighted by atomic mass is 32.1. The van der Waals surface area contributed by atoms with Gasteiger partial charge in [-0.3, -0.25) is 9.79 Å². The fourth-order valence-electron chi connectivity index (χ4n) is 4.77. The number of nitrogens with one attached hydrogen (secondary N) is 1. The summed E-state index contributed by atoms with van der Waals surface area (Å²) >= 11 is 1.54. The van der Waals surface area contributed by atoms with Crippen molar-refractivity contribution >= 4 is 29.1 Å². The van der Waals surface area contributed by atoms with Gasteiger partial charge in [0.2, 0.25) is 4.80 Å². The van der Waals surface area contributed by atoms with Crippen molar-refractivity contribution in [3.8, 4) is 17.0 Å². The minimum absolute atomic E-state index is 0.0488. The largest absolute Gasteiger partial charge is 0.482 e. The lowest BCUT2D eigenvalue weighted by Crippen LogP contribution is -2.48. The first kappa shape index (κ1) is 20.0. The Morgan fingerprint density at radius 3 is 3.06 bits per heavy atom. The predicted octanol–water partition coefficient (Wildman–Crippen LogP) is 4.46. The Hall–Kier alpha value is -2.93. The number of hydrogen-bond donors (Lipinski definition) is 1. The number of rotatable bonds is 5. The van der Waals surface area contributed by atoms with Crippen molar-refractivity contribution in [3.05, 3.63) is 52.7 Å². The van der Waals surface area contributed by atoms with E-state index in [2.05, 4.69) is 36.8 Å². The van der Waals surface area contributed by atoms with Crippen LogP contribution in [0.15, 0.2) is 58.0 Å². The van der Waals surface area contributed by atoms with Crippen molar-refractivity contribution in [2.45, 2.75) is 26.7 Å². The lowest BCUT2D eigenvalue weighted by Gasteiger charge is -2.55. The molecule has 4 aliphatic rings. The number of carbonyl (C=O) groups excluding carboxylic acids is 1. The first-order chi connectivity index (χ1) is 15.0. The molecule has 31 heavy (non-hydrogen) atoms. The second-order valence-corrected chi connectivity index (χ2v) is 9.72. The van der Waals surface area contributed by atoms with Crippen molar-refractivity contribution < 1.29 is 9.53 Å². The van der Waals surface area contributed by atoms with Crippen LogP contribution in [0, 0.1) is 17.3 Å². The molecule has 1 aliphatic heterocycles. The quantitative estimate of drug-likeness (QED) is 0.558. The van der Waals surface area contributed by atoms with Crippen LogP contribution in [0.4, 0.5) is 5.69 Å². The van der Waals surface area contributed by atoms with Gasteiger partial charge in [-0.1, -0.05) is 26.0 Å². The molecule has 2 bridgehead atoms. The number of amides is 1. The van der Waals surface area contributed by atoms with E-state index >= 15 is 0 Å². The molecule has 1 N–H and O–H groups in total. The molecule has 160 valence electrons. The molecule has 2 aromatic rings. The molecule has 1 amide bonds. The minimum Gasteiger partial charge on any atom is -0.482 e. The number of allylic oxidation sites excluding steroid dienone is 2. The van der Waals surface area contributed by atoms with Crippen LogP contribution in [0.1, 0.15) is 26.7 Å². The van der Waals surface area contributed by atoms with Gasteiger partial charge in [0.1, 0.15) is 5.75 Å². The number of carbonyl (C=O) groups is 1. The Morgan fingerprint density at radius 2 is 2.29 bits per heavy atom. The van der Waals surface area contributed by atoms with E-state index in [1.165, 1.54) is 12.0 Å². The van der Waals surface area contributed by atoms with Crippen LogP contribution in [0.3, 0.4) is 0 Å². The molecule has 6 rings (SSSR count). The zero-order valence-electron chi connectivity index (χ0n) is 17.8. The summed E-state index contributed by atoms with van der Waals surface area (Å²) in [7, 11) is 0. The number of hydrogen-bond acceptors (Lipinski definition) is 5. The first-order valence-corrected chi connectivity index (χ1v) is 11.5. The fourth-order valence-corrected chi connectivity index (χ4v) is 5.62. The van der Waals surface area contributed by atoms with Gasteiger partial charge in [0.15, 0.2) is 6.61 Å². The highest BCUT2D eigenvalue weighted by Gasteiger charge is 2.50. The minimum atomic E-state index is -0.145. The first-order valence-electron chi connectivity index (χ1n) is 10.6. The average molecular weight is 435 g/mol. The van der Waals surface area contributed by atoms with Gasteiger partial charge in [-0.25, -0.2) is 4.68 Å². The van der Waals surface area contributed by atoms with Crippen molar-refractivity contribution in [2.75, 3.05) is 18.5 Å². The van der Waals surface area contributed by atoms with E-state index in [4.69, 9.17) is 9.84 Å². The average Bonchev–Trinajstić information content (AvgIpc) is 3.18. The lowest BCUT2D eigenvalue weighted by molar-refractivity contribution is -0.118.